The summed E-state index contributed by atoms with van der Waals surface area (Å²) in [5.74, 6) is -1.12. The second kappa shape index (κ2) is 6.35. The molecule has 0 radical (unpaired) electrons. The number of carboxylic acids is 1. The van der Waals surface area contributed by atoms with E-state index in [1.165, 1.54) is 12.3 Å². The molecule has 1 aliphatic rings. The number of aromatic carboxylic acids is 1. The summed E-state index contributed by atoms with van der Waals surface area (Å²) < 4.78 is 5.57. The minimum Gasteiger partial charge on any atom is -0.545 e. The molecule has 0 aliphatic carbocycles. The smallest absolute Gasteiger partial charge is 0.545 e. The Balaban J connectivity index is 0.00000144. The van der Waals surface area contributed by atoms with Crippen molar-refractivity contribution in [3.63, 3.8) is 0 Å². The van der Waals surface area contributed by atoms with Gasteiger partial charge in [0.15, 0.2) is 6.23 Å². The molecule has 0 spiro atoms. The van der Waals surface area contributed by atoms with Gasteiger partial charge in [0.1, 0.15) is 0 Å². The first-order chi connectivity index (χ1) is 7.68. The number of ether oxygens (including phenoxy) is 1. The molecule has 0 saturated carbocycles. The Hall–Kier alpha value is -0.620. The van der Waals surface area contributed by atoms with Gasteiger partial charge in [-0.15, -0.1) is 0 Å². The van der Waals surface area contributed by atoms with Gasteiger partial charge in [0.25, 0.3) is 0 Å². The summed E-state index contributed by atoms with van der Waals surface area (Å²) in [5, 5.41) is 10.8. The van der Waals surface area contributed by atoms with Crippen molar-refractivity contribution in [3.8, 4) is 5.88 Å². The standard InChI is InChI=1S/C11H14N2O3.Na/c1-13-7-3-5-9(13)16-10-8(11(14)15)4-2-6-12-10;/h2,4,6,9H,3,5,7H2,1H3,(H,14,15);/q;+1/p-1. The van der Waals surface area contributed by atoms with Crippen LogP contribution in [0.15, 0.2) is 18.3 Å². The maximum absolute atomic E-state index is 10.8. The Morgan fingerprint density at radius 1 is 1.65 bits per heavy atom. The Morgan fingerprint density at radius 2 is 2.41 bits per heavy atom. The number of aromatic nitrogens is 1. The van der Waals surface area contributed by atoms with Gasteiger partial charge in [-0.25, -0.2) is 4.98 Å². The van der Waals surface area contributed by atoms with Gasteiger partial charge in [-0.2, -0.15) is 0 Å². The fraction of sp³-hybridized carbons (Fsp3) is 0.455. The first-order valence-corrected chi connectivity index (χ1v) is 5.22. The monoisotopic (exact) mass is 244 g/mol. The van der Waals surface area contributed by atoms with Crippen LogP contribution in [0.4, 0.5) is 0 Å². The zero-order valence-corrected chi connectivity index (χ0v) is 12.0. The Bertz CT molecular complexity index is 400. The van der Waals surface area contributed by atoms with Crippen LogP contribution >= 0.6 is 0 Å². The number of carbonyl (C=O) groups is 1. The zero-order valence-electron chi connectivity index (χ0n) is 10.0. The average Bonchev–Trinajstić information content (AvgIpc) is 2.65. The Kier molecular flexibility index (Phi) is 5.39. The van der Waals surface area contributed by atoms with Crippen molar-refractivity contribution >= 4 is 5.97 Å². The summed E-state index contributed by atoms with van der Waals surface area (Å²) in [7, 11) is 1.94. The van der Waals surface area contributed by atoms with E-state index in [0.29, 0.717) is 0 Å². The minimum absolute atomic E-state index is 0. The molecule has 1 aromatic rings. The van der Waals surface area contributed by atoms with Crippen LogP contribution in [-0.2, 0) is 0 Å². The molecule has 17 heavy (non-hydrogen) atoms. The van der Waals surface area contributed by atoms with E-state index in [0.717, 1.165) is 19.4 Å². The SMILES string of the molecule is CN1CCCC1Oc1ncccc1C(=O)[O-].[Na+]. The molecule has 1 aliphatic heterocycles. The summed E-state index contributed by atoms with van der Waals surface area (Å²) in [6.45, 7) is 0.957. The van der Waals surface area contributed by atoms with Crippen molar-refractivity contribution in [2.45, 2.75) is 19.1 Å². The van der Waals surface area contributed by atoms with Gasteiger partial charge in [0.2, 0.25) is 5.88 Å². The summed E-state index contributed by atoms with van der Waals surface area (Å²) >= 11 is 0. The van der Waals surface area contributed by atoms with E-state index in [9.17, 15) is 9.90 Å². The van der Waals surface area contributed by atoms with Crippen LogP contribution in [0.3, 0.4) is 0 Å². The van der Waals surface area contributed by atoms with Crippen LogP contribution in [0.1, 0.15) is 23.2 Å². The van der Waals surface area contributed by atoms with Crippen molar-refractivity contribution in [2.24, 2.45) is 0 Å². The van der Waals surface area contributed by atoms with Crippen molar-refractivity contribution in [1.29, 1.82) is 0 Å². The number of rotatable bonds is 3. The maximum Gasteiger partial charge on any atom is 1.00 e. The third kappa shape index (κ3) is 3.42. The molecule has 0 aromatic carbocycles. The zero-order chi connectivity index (χ0) is 11.5. The molecule has 86 valence electrons. The average molecular weight is 244 g/mol. The number of nitrogens with zero attached hydrogens (tertiary/aromatic N) is 2. The van der Waals surface area contributed by atoms with E-state index >= 15 is 0 Å². The van der Waals surface area contributed by atoms with Gasteiger partial charge in [0.05, 0.1) is 11.5 Å². The fourth-order valence-electron chi connectivity index (χ4n) is 1.80. The molecule has 6 heteroatoms. The second-order valence-electron chi connectivity index (χ2n) is 3.84. The van der Waals surface area contributed by atoms with Gasteiger partial charge in [-0.1, -0.05) is 0 Å². The first kappa shape index (κ1) is 14.4. The molecule has 0 amide bonds. The molecule has 2 heterocycles. The molecular formula is C11H13N2NaO3. The molecule has 1 fully saturated rings. The molecule has 1 unspecified atom stereocenters. The predicted molar refractivity (Wildman–Crippen MR) is 54.8 cm³/mol. The molecule has 1 aromatic heterocycles. The number of likely N-dealkylation sites (tertiary alicyclic amines) is 1. The van der Waals surface area contributed by atoms with Gasteiger partial charge in [-0.05, 0) is 32.0 Å². The summed E-state index contributed by atoms with van der Waals surface area (Å²) in [4.78, 5) is 16.8. The van der Waals surface area contributed by atoms with E-state index in [-0.39, 0.29) is 47.2 Å². The number of hydrogen-bond acceptors (Lipinski definition) is 5. The third-order valence-electron chi connectivity index (χ3n) is 2.69. The topological polar surface area (TPSA) is 65.5 Å². The summed E-state index contributed by atoms with van der Waals surface area (Å²) in [6.07, 6.45) is 3.36. The van der Waals surface area contributed by atoms with Gasteiger partial charge in [0, 0.05) is 12.7 Å². The molecule has 5 nitrogen and oxygen atoms in total. The van der Waals surface area contributed by atoms with E-state index in [4.69, 9.17) is 4.74 Å². The third-order valence-corrected chi connectivity index (χ3v) is 2.69. The van der Waals surface area contributed by atoms with E-state index in [1.54, 1.807) is 6.07 Å². The van der Waals surface area contributed by atoms with Crippen LogP contribution in [0.5, 0.6) is 5.88 Å². The molecule has 1 saturated heterocycles. The predicted octanol–water partition coefficient (Wildman–Crippen LogP) is -3.12. The van der Waals surface area contributed by atoms with Crippen molar-refractivity contribution < 1.29 is 44.2 Å². The van der Waals surface area contributed by atoms with Crippen LogP contribution in [-0.4, -0.2) is 35.7 Å². The van der Waals surface area contributed by atoms with Gasteiger partial charge < -0.3 is 14.6 Å². The maximum atomic E-state index is 10.8. The van der Waals surface area contributed by atoms with Crippen LogP contribution in [0.2, 0.25) is 0 Å². The number of carbonyl (C=O) groups excluding carboxylic acids is 1. The van der Waals surface area contributed by atoms with Crippen LogP contribution < -0.4 is 39.4 Å². The van der Waals surface area contributed by atoms with Crippen LogP contribution in [0, 0.1) is 0 Å². The minimum atomic E-state index is -1.26. The van der Waals surface area contributed by atoms with E-state index in [2.05, 4.69) is 4.98 Å². The molecule has 1 atom stereocenters. The Morgan fingerprint density at radius 3 is 3.00 bits per heavy atom. The quantitative estimate of drug-likeness (QED) is 0.526. The van der Waals surface area contributed by atoms with Crippen molar-refractivity contribution in [1.82, 2.24) is 9.88 Å². The fourth-order valence-corrected chi connectivity index (χ4v) is 1.80. The number of carboxylic acid groups (broad SMARTS) is 1. The number of pyridine rings is 1. The Labute approximate surface area is 122 Å². The van der Waals surface area contributed by atoms with Gasteiger partial charge >= 0.3 is 29.6 Å². The van der Waals surface area contributed by atoms with Crippen molar-refractivity contribution in [3.05, 3.63) is 23.9 Å². The summed E-state index contributed by atoms with van der Waals surface area (Å²) in [5.41, 5.74) is 0.00259. The molecular weight excluding hydrogens is 231 g/mol. The largest absolute Gasteiger partial charge is 1.00 e. The number of hydrogen-bond donors (Lipinski definition) is 0. The van der Waals surface area contributed by atoms with E-state index in [1.807, 2.05) is 11.9 Å². The van der Waals surface area contributed by atoms with Gasteiger partial charge in [-0.3, -0.25) is 4.90 Å². The molecule has 0 N–H and O–H groups in total. The second-order valence-corrected chi connectivity index (χ2v) is 3.84. The van der Waals surface area contributed by atoms with Crippen LogP contribution in [0.25, 0.3) is 0 Å². The van der Waals surface area contributed by atoms with E-state index < -0.39 is 5.97 Å². The molecule has 2 rings (SSSR count). The van der Waals surface area contributed by atoms with Crippen molar-refractivity contribution in [2.75, 3.05) is 13.6 Å². The molecule has 0 bridgehead atoms. The first-order valence-electron chi connectivity index (χ1n) is 5.22. The summed E-state index contributed by atoms with van der Waals surface area (Å²) in [6, 6.07) is 2.99. The normalized spacial score (nSPS) is 19.7.